The van der Waals surface area contributed by atoms with Crippen LogP contribution in [-0.4, -0.2) is 29.5 Å². The van der Waals surface area contributed by atoms with Crippen LogP contribution in [0, 0.1) is 18.3 Å². The number of aliphatic hydroxyl groups is 1. The smallest absolute Gasteiger partial charge is 0.248 e. The molecule has 3 N–H and O–H groups in total. The maximum atomic E-state index is 13.9. The van der Waals surface area contributed by atoms with Gasteiger partial charge < -0.3 is 20.2 Å². The van der Waals surface area contributed by atoms with Gasteiger partial charge >= 0.3 is 0 Å². The molecular weight excluding hydrogens is 529 g/mol. The number of benzene rings is 2. The zero-order valence-electron chi connectivity index (χ0n) is 22.6. The van der Waals surface area contributed by atoms with Crippen molar-refractivity contribution < 1.29 is 18.7 Å². The summed E-state index contributed by atoms with van der Waals surface area (Å²) >= 11 is 6.10. The van der Waals surface area contributed by atoms with Crippen LogP contribution < -0.4 is 10.6 Å². The fourth-order valence-corrected chi connectivity index (χ4v) is 4.20. The van der Waals surface area contributed by atoms with E-state index in [0.717, 1.165) is 11.1 Å². The first-order chi connectivity index (χ1) is 19.2. The number of nitriles is 1. The lowest BCUT2D eigenvalue weighted by molar-refractivity contribution is -0.118. The molecule has 0 radical (unpaired) electrons. The van der Waals surface area contributed by atoms with Crippen molar-refractivity contribution in [3.63, 3.8) is 0 Å². The average Bonchev–Trinajstić information content (AvgIpc) is 3.43. The molecule has 0 aliphatic rings. The Labute approximate surface area is 239 Å². The molecule has 0 aliphatic heterocycles. The molecule has 6 nitrogen and oxygen atoms in total. The van der Waals surface area contributed by atoms with Gasteiger partial charge in [-0.3, -0.25) is 4.79 Å². The van der Waals surface area contributed by atoms with Crippen LogP contribution in [0.25, 0.3) is 5.57 Å². The number of aryl methyl sites for hydroxylation is 1. The molecule has 0 fully saturated rings. The third-order valence-corrected chi connectivity index (χ3v) is 6.59. The first-order valence-corrected chi connectivity index (χ1v) is 13.4. The first kappa shape index (κ1) is 30.6. The Hall–Kier alpha value is -3.96. The number of amides is 1. The monoisotopic (exact) mass is 561 g/mol. The van der Waals surface area contributed by atoms with Gasteiger partial charge in [-0.1, -0.05) is 48.5 Å². The Morgan fingerprint density at radius 2 is 1.85 bits per heavy atom. The van der Waals surface area contributed by atoms with Crippen LogP contribution in [0.4, 0.5) is 4.39 Å². The summed E-state index contributed by atoms with van der Waals surface area (Å²) in [4.78, 5) is 13.0. The highest BCUT2D eigenvalue weighted by molar-refractivity contribution is 6.23. The van der Waals surface area contributed by atoms with Gasteiger partial charge in [-0.15, -0.1) is 11.6 Å². The van der Waals surface area contributed by atoms with Gasteiger partial charge in [-0.2, -0.15) is 5.26 Å². The molecular formula is C32H33ClFN3O3. The highest BCUT2D eigenvalue weighted by Gasteiger charge is 2.17. The zero-order chi connectivity index (χ0) is 29.1. The highest BCUT2D eigenvalue weighted by Crippen LogP contribution is 2.24. The normalized spacial score (nSPS) is 13.4. The molecule has 1 unspecified atom stereocenters. The van der Waals surface area contributed by atoms with E-state index in [-0.39, 0.29) is 24.1 Å². The molecule has 8 heteroatoms. The maximum absolute atomic E-state index is 13.9. The van der Waals surface area contributed by atoms with E-state index >= 15 is 0 Å². The fraction of sp³-hybridized carbons (Fsp3) is 0.250. The second-order valence-corrected chi connectivity index (χ2v) is 9.76. The molecule has 1 aromatic heterocycles. The van der Waals surface area contributed by atoms with Crippen molar-refractivity contribution in [3.8, 4) is 6.07 Å². The molecule has 3 aromatic rings. The standard InChI is InChI=1S/C32H33ClFN3O3/c1-21-4-10-26(11-5-21)23(3)36-19-30-12-13-31(40-30)27(14-22(2)34)16-28(17-33)32(39)37-29(20-38)15-24-6-8-25(18-35)9-7-24/h4-14,16,23,29,36,38H,2,15,17,19-20H2,1,3H3,(H,37,39)/b27-14+,28-16+/t23?,29-/m1/s1. The van der Waals surface area contributed by atoms with Crippen LogP contribution in [0.3, 0.4) is 0 Å². The Kier molecular flexibility index (Phi) is 11.5. The van der Waals surface area contributed by atoms with E-state index in [1.807, 2.05) is 6.92 Å². The second kappa shape index (κ2) is 15.0. The molecule has 2 atom stereocenters. The SMILES string of the molecule is C=C(F)/C=C(\C=C(/CCl)C(=O)N[C@@H](CO)Cc1ccc(C#N)cc1)c1ccc(CNC(C)c2ccc(C)cc2)o1. The summed E-state index contributed by atoms with van der Waals surface area (Å²) in [5.41, 5.74) is 4.16. The van der Waals surface area contributed by atoms with E-state index in [1.165, 1.54) is 17.7 Å². The van der Waals surface area contributed by atoms with E-state index in [1.54, 1.807) is 36.4 Å². The molecule has 0 spiro atoms. The van der Waals surface area contributed by atoms with Crippen LogP contribution in [0.2, 0.25) is 0 Å². The quantitative estimate of drug-likeness (QED) is 0.134. The molecule has 0 saturated heterocycles. The minimum atomic E-state index is -0.710. The number of aliphatic hydroxyl groups excluding tert-OH is 1. The lowest BCUT2D eigenvalue weighted by Crippen LogP contribution is -2.40. The Morgan fingerprint density at radius 3 is 2.45 bits per heavy atom. The van der Waals surface area contributed by atoms with Crippen molar-refractivity contribution in [2.75, 3.05) is 12.5 Å². The van der Waals surface area contributed by atoms with Crippen molar-refractivity contribution in [1.29, 1.82) is 5.26 Å². The van der Waals surface area contributed by atoms with Crippen LogP contribution in [-0.2, 0) is 17.8 Å². The van der Waals surface area contributed by atoms with Gasteiger partial charge in [0, 0.05) is 17.2 Å². The van der Waals surface area contributed by atoms with Crippen LogP contribution in [0.5, 0.6) is 0 Å². The Balaban J connectivity index is 1.71. The largest absolute Gasteiger partial charge is 0.460 e. The number of carbonyl (C=O) groups excluding carboxylic acids is 1. The predicted molar refractivity (Wildman–Crippen MR) is 156 cm³/mol. The molecule has 40 heavy (non-hydrogen) atoms. The van der Waals surface area contributed by atoms with Gasteiger partial charge in [0.2, 0.25) is 5.91 Å². The van der Waals surface area contributed by atoms with E-state index < -0.39 is 17.8 Å². The molecule has 3 rings (SSSR count). The Morgan fingerprint density at radius 1 is 1.15 bits per heavy atom. The minimum absolute atomic E-state index is 0.0879. The summed E-state index contributed by atoms with van der Waals surface area (Å²) in [7, 11) is 0. The zero-order valence-corrected chi connectivity index (χ0v) is 23.3. The van der Waals surface area contributed by atoms with Crippen molar-refractivity contribution in [1.82, 2.24) is 10.6 Å². The molecule has 0 bridgehead atoms. The first-order valence-electron chi connectivity index (χ1n) is 12.8. The topological polar surface area (TPSA) is 98.3 Å². The van der Waals surface area contributed by atoms with Crippen molar-refractivity contribution in [2.24, 2.45) is 0 Å². The second-order valence-electron chi connectivity index (χ2n) is 9.49. The van der Waals surface area contributed by atoms with E-state index in [2.05, 4.69) is 54.5 Å². The van der Waals surface area contributed by atoms with Gasteiger partial charge in [0.1, 0.15) is 17.3 Å². The number of hydrogen-bond acceptors (Lipinski definition) is 5. The number of halogens is 2. The highest BCUT2D eigenvalue weighted by atomic mass is 35.5. The van der Waals surface area contributed by atoms with Crippen molar-refractivity contribution >= 4 is 23.1 Å². The molecule has 2 aromatic carbocycles. The summed E-state index contributed by atoms with van der Waals surface area (Å²) in [6.45, 7) is 7.55. The maximum Gasteiger partial charge on any atom is 0.248 e. The number of carbonyl (C=O) groups is 1. The van der Waals surface area contributed by atoms with Gasteiger partial charge in [-0.05, 0) is 67.8 Å². The van der Waals surface area contributed by atoms with E-state index in [0.29, 0.717) is 35.6 Å². The summed E-state index contributed by atoms with van der Waals surface area (Å²) in [5.74, 6) is -0.375. The summed E-state index contributed by atoms with van der Waals surface area (Å²) in [6.07, 6.45) is 2.97. The minimum Gasteiger partial charge on any atom is -0.460 e. The number of furan rings is 1. The number of allylic oxidation sites excluding steroid dienone is 4. The van der Waals surface area contributed by atoms with Gasteiger partial charge in [-0.25, -0.2) is 4.39 Å². The lowest BCUT2D eigenvalue weighted by Gasteiger charge is -2.17. The molecule has 0 saturated carbocycles. The lowest BCUT2D eigenvalue weighted by atomic mass is 10.0. The molecule has 1 amide bonds. The third kappa shape index (κ3) is 9.06. The summed E-state index contributed by atoms with van der Waals surface area (Å²) in [5, 5.41) is 25.0. The van der Waals surface area contributed by atoms with Gasteiger partial charge in [0.25, 0.3) is 0 Å². The molecule has 208 valence electrons. The number of hydrogen-bond donors (Lipinski definition) is 3. The number of alkyl halides is 1. The number of nitrogens with zero attached hydrogens (tertiary/aromatic N) is 1. The third-order valence-electron chi connectivity index (χ3n) is 6.30. The fourth-order valence-electron chi connectivity index (χ4n) is 4.00. The van der Waals surface area contributed by atoms with Gasteiger partial charge in [0.15, 0.2) is 0 Å². The van der Waals surface area contributed by atoms with Crippen LogP contribution in [0.15, 0.2) is 95.2 Å². The number of nitrogens with one attached hydrogen (secondary N) is 2. The van der Waals surface area contributed by atoms with Crippen LogP contribution in [0.1, 0.15) is 46.7 Å². The van der Waals surface area contributed by atoms with E-state index in [4.69, 9.17) is 21.3 Å². The van der Waals surface area contributed by atoms with Crippen molar-refractivity contribution in [2.45, 2.75) is 38.9 Å². The Bertz CT molecular complexity index is 1400. The molecule has 0 aliphatic carbocycles. The average molecular weight is 562 g/mol. The summed E-state index contributed by atoms with van der Waals surface area (Å²) < 4.78 is 19.8. The molecule has 1 heterocycles. The summed E-state index contributed by atoms with van der Waals surface area (Å²) in [6, 6.07) is 20.2. The predicted octanol–water partition coefficient (Wildman–Crippen LogP) is 6.06. The van der Waals surface area contributed by atoms with Gasteiger partial charge in [0.05, 0.1) is 36.7 Å². The van der Waals surface area contributed by atoms with Crippen LogP contribution >= 0.6 is 11.6 Å². The number of rotatable bonds is 13. The van der Waals surface area contributed by atoms with E-state index in [9.17, 15) is 14.3 Å². The van der Waals surface area contributed by atoms with Crippen molar-refractivity contribution in [3.05, 3.63) is 125 Å².